The Morgan fingerprint density at radius 1 is 1.24 bits per heavy atom. The Morgan fingerprint density at radius 2 is 2.04 bits per heavy atom. The lowest BCUT2D eigenvalue weighted by atomic mass is 10.1. The highest BCUT2D eigenvalue weighted by Gasteiger charge is 2.16. The van der Waals surface area contributed by atoms with E-state index in [0.717, 1.165) is 29.1 Å². The molecule has 1 aromatic carbocycles. The number of hydrogen-bond acceptors (Lipinski definition) is 5. The summed E-state index contributed by atoms with van der Waals surface area (Å²) in [5.41, 5.74) is 4.63. The van der Waals surface area contributed by atoms with Crippen LogP contribution >= 0.6 is 0 Å². The summed E-state index contributed by atoms with van der Waals surface area (Å²) in [5, 5.41) is 24.5. The van der Waals surface area contributed by atoms with Gasteiger partial charge in [0.2, 0.25) is 0 Å². The number of likely N-dealkylation sites (N-methyl/N-ethyl adjacent to an activating group) is 1. The van der Waals surface area contributed by atoms with Crippen molar-refractivity contribution in [1.82, 2.24) is 19.5 Å². The first-order valence-corrected chi connectivity index (χ1v) is 8.48. The largest absolute Gasteiger partial charge is 0.508 e. The molecule has 2 N–H and O–H groups in total. The number of fused-ring (bicyclic) bond motifs is 1. The van der Waals surface area contributed by atoms with Gasteiger partial charge in [-0.3, -0.25) is 4.90 Å². The summed E-state index contributed by atoms with van der Waals surface area (Å²) in [5.74, 6) is 0.164. The number of benzene rings is 1. The van der Waals surface area contributed by atoms with Crippen LogP contribution in [0.25, 0.3) is 5.65 Å². The van der Waals surface area contributed by atoms with E-state index >= 15 is 0 Å². The van der Waals surface area contributed by atoms with Gasteiger partial charge in [-0.2, -0.15) is 5.10 Å². The second kappa shape index (κ2) is 7.21. The maximum atomic E-state index is 10.5. The monoisotopic (exact) mass is 340 g/mol. The fraction of sp³-hybridized carbons (Fsp3) is 0.368. The molecule has 132 valence electrons. The molecule has 0 saturated heterocycles. The number of rotatable bonds is 6. The molecule has 0 saturated carbocycles. The Labute approximate surface area is 147 Å². The second-order valence-corrected chi connectivity index (χ2v) is 6.38. The third-order valence-corrected chi connectivity index (χ3v) is 4.38. The highest BCUT2D eigenvalue weighted by molar-refractivity contribution is 5.47. The first-order chi connectivity index (χ1) is 12.0. The lowest BCUT2D eigenvalue weighted by Gasteiger charge is -2.23. The normalized spacial score (nSPS) is 12.8. The minimum atomic E-state index is -0.662. The zero-order chi connectivity index (χ0) is 18.0. The minimum absolute atomic E-state index is 0.164. The Hall–Kier alpha value is -2.44. The first kappa shape index (κ1) is 17.4. The van der Waals surface area contributed by atoms with Gasteiger partial charge in [-0.05, 0) is 44.2 Å². The van der Waals surface area contributed by atoms with E-state index in [4.69, 9.17) is 0 Å². The van der Waals surface area contributed by atoms with Crippen LogP contribution in [0.3, 0.4) is 0 Å². The Balaban J connectivity index is 1.78. The number of aliphatic hydroxyl groups excluding tert-OH is 1. The summed E-state index contributed by atoms with van der Waals surface area (Å²) >= 11 is 0. The molecule has 3 aromatic rings. The van der Waals surface area contributed by atoms with E-state index in [2.05, 4.69) is 21.9 Å². The van der Waals surface area contributed by atoms with Crippen molar-refractivity contribution >= 4 is 5.65 Å². The molecule has 0 spiro atoms. The third kappa shape index (κ3) is 3.81. The first-order valence-electron chi connectivity index (χ1n) is 8.48. The molecule has 3 rings (SSSR count). The number of phenolic OH excluding ortho intramolecular Hbond substituents is 1. The van der Waals surface area contributed by atoms with Gasteiger partial charge in [0.15, 0.2) is 5.65 Å². The van der Waals surface area contributed by atoms with E-state index in [1.165, 1.54) is 0 Å². The average Bonchev–Trinajstić information content (AvgIpc) is 2.97. The van der Waals surface area contributed by atoms with Crippen molar-refractivity contribution < 1.29 is 10.2 Å². The number of phenols is 1. The lowest BCUT2D eigenvalue weighted by molar-refractivity contribution is 0.112. The molecule has 2 aromatic heterocycles. The number of aromatic hydroxyl groups is 1. The Kier molecular flexibility index (Phi) is 5.01. The highest BCUT2D eigenvalue weighted by atomic mass is 16.3. The molecule has 1 unspecified atom stereocenters. The van der Waals surface area contributed by atoms with Crippen molar-refractivity contribution in [2.45, 2.75) is 33.4 Å². The molecule has 0 amide bonds. The molecule has 25 heavy (non-hydrogen) atoms. The van der Waals surface area contributed by atoms with Gasteiger partial charge >= 0.3 is 0 Å². The maximum absolute atomic E-state index is 10.5. The molecule has 1 atom stereocenters. The smallest absolute Gasteiger partial charge is 0.159 e. The van der Waals surface area contributed by atoms with Crippen LogP contribution in [0, 0.1) is 13.8 Å². The van der Waals surface area contributed by atoms with Crippen LogP contribution in [0.4, 0.5) is 0 Å². The van der Waals surface area contributed by atoms with Crippen molar-refractivity contribution in [1.29, 1.82) is 0 Å². The molecule has 0 fully saturated rings. The molecule has 0 bridgehead atoms. The van der Waals surface area contributed by atoms with Gasteiger partial charge in [0.25, 0.3) is 0 Å². The Morgan fingerprint density at radius 3 is 2.76 bits per heavy atom. The molecule has 0 radical (unpaired) electrons. The molecule has 6 heteroatoms. The molecule has 0 aliphatic rings. The molecule has 0 aliphatic carbocycles. The Bertz CT molecular complexity index is 875. The molecular formula is C19H24N4O2. The minimum Gasteiger partial charge on any atom is -0.508 e. The van der Waals surface area contributed by atoms with Crippen molar-refractivity contribution in [3.05, 3.63) is 59.0 Å². The topological polar surface area (TPSA) is 73.9 Å². The summed E-state index contributed by atoms with van der Waals surface area (Å²) in [4.78, 5) is 6.75. The summed E-state index contributed by atoms with van der Waals surface area (Å²) in [6.07, 6.45) is 1.18. The summed E-state index contributed by atoms with van der Waals surface area (Å²) < 4.78 is 1.85. The predicted molar refractivity (Wildman–Crippen MR) is 96.5 cm³/mol. The van der Waals surface area contributed by atoms with Crippen LogP contribution < -0.4 is 0 Å². The van der Waals surface area contributed by atoms with Gasteiger partial charge in [0.05, 0.1) is 12.3 Å². The highest BCUT2D eigenvalue weighted by Crippen LogP contribution is 2.21. The summed E-state index contributed by atoms with van der Waals surface area (Å²) in [7, 11) is 0. The van der Waals surface area contributed by atoms with Crippen molar-refractivity contribution in [3.63, 3.8) is 0 Å². The third-order valence-electron chi connectivity index (χ3n) is 4.38. The fourth-order valence-corrected chi connectivity index (χ4v) is 3.06. The van der Waals surface area contributed by atoms with Crippen molar-refractivity contribution in [2.75, 3.05) is 13.1 Å². The molecule has 2 heterocycles. The summed E-state index contributed by atoms with van der Waals surface area (Å²) in [6, 6.07) is 8.77. The van der Waals surface area contributed by atoms with Crippen LogP contribution in [0.15, 0.2) is 36.5 Å². The van der Waals surface area contributed by atoms with Crippen LogP contribution in [-0.4, -0.2) is 42.8 Å². The summed E-state index contributed by atoms with van der Waals surface area (Å²) in [6.45, 7) is 7.98. The fourth-order valence-electron chi connectivity index (χ4n) is 3.06. The van der Waals surface area contributed by atoms with Crippen LogP contribution in [0.5, 0.6) is 5.75 Å². The van der Waals surface area contributed by atoms with Gasteiger partial charge in [0.1, 0.15) is 5.75 Å². The van der Waals surface area contributed by atoms with E-state index < -0.39 is 6.10 Å². The van der Waals surface area contributed by atoms with E-state index in [0.29, 0.717) is 18.7 Å². The van der Waals surface area contributed by atoms with Crippen molar-refractivity contribution in [2.24, 2.45) is 0 Å². The number of aromatic nitrogens is 3. The van der Waals surface area contributed by atoms with Gasteiger partial charge < -0.3 is 10.2 Å². The van der Waals surface area contributed by atoms with Crippen molar-refractivity contribution in [3.8, 4) is 5.75 Å². The number of aliphatic hydroxyl groups is 1. The number of nitrogens with zero attached hydrogens (tertiary/aromatic N) is 4. The zero-order valence-corrected chi connectivity index (χ0v) is 14.8. The standard InChI is InChI=1S/C19H24N4O2/c1-4-22(12-18(25)15-6-5-7-17(24)9-15)11-16-10-20-23-14(3)8-13(2)21-19(16)23/h5-10,18,24-25H,4,11-12H2,1-3H3. The van der Waals surface area contributed by atoms with Gasteiger partial charge in [-0.1, -0.05) is 19.1 Å². The number of hydrogen-bond donors (Lipinski definition) is 2. The zero-order valence-electron chi connectivity index (χ0n) is 14.8. The van der Waals surface area contributed by atoms with E-state index in [1.54, 1.807) is 18.2 Å². The quantitative estimate of drug-likeness (QED) is 0.721. The maximum Gasteiger partial charge on any atom is 0.159 e. The lowest BCUT2D eigenvalue weighted by Crippen LogP contribution is -2.28. The predicted octanol–water partition coefficient (Wildman–Crippen LogP) is 2.61. The van der Waals surface area contributed by atoms with E-state index in [1.807, 2.05) is 36.7 Å². The van der Waals surface area contributed by atoms with Crippen LogP contribution in [-0.2, 0) is 6.54 Å². The van der Waals surface area contributed by atoms with E-state index in [-0.39, 0.29) is 5.75 Å². The van der Waals surface area contributed by atoms with Gasteiger partial charge in [-0.15, -0.1) is 0 Å². The SMILES string of the molecule is CCN(Cc1cnn2c(C)cc(C)nc12)CC(O)c1cccc(O)c1. The molecular weight excluding hydrogens is 316 g/mol. The second-order valence-electron chi connectivity index (χ2n) is 6.38. The molecule has 0 aliphatic heterocycles. The number of aryl methyl sites for hydroxylation is 2. The van der Waals surface area contributed by atoms with Gasteiger partial charge in [-0.25, -0.2) is 9.50 Å². The van der Waals surface area contributed by atoms with E-state index in [9.17, 15) is 10.2 Å². The average molecular weight is 340 g/mol. The van der Waals surface area contributed by atoms with Crippen LogP contribution in [0.2, 0.25) is 0 Å². The van der Waals surface area contributed by atoms with Gasteiger partial charge in [0, 0.05) is 30.0 Å². The van der Waals surface area contributed by atoms with Crippen LogP contribution in [0.1, 0.15) is 35.5 Å². The molecule has 6 nitrogen and oxygen atoms in total.